The fraction of sp³-hybridized carbons (Fsp3) is 0.250. The van der Waals surface area contributed by atoms with Crippen molar-refractivity contribution in [2.24, 2.45) is 30.7 Å². The van der Waals surface area contributed by atoms with Crippen molar-refractivity contribution < 1.29 is 56.5 Å². The van der Waals surface area contributed by atoms with Crippen LogP contribution in [0.2, 0.25) is 0 Å². The van der Waals surface area contributed by atoms with Crippen molar-refractivity contribution in [3.05, 3.63) is 208 Å². The molecule has 36 heteroatoms. The van der Waals surface area contributed by atoms with Gasteiger partial charge >= 0.3 is 25.3 Å². The Morgan fingerprint density at radius 2 is 0.405 bits per heavy atom. The number of benzene rings is 6. The van der Waals surface area contributed by atoms with E-state index in [2.05, 4.69) is 60.2 Å². The van der Waals surface area contributed by atoms with Crippen LogP contribution in [0.4, 0.5) is 0 Å². The number of hydrogen-bond acceptors (Lipinski definition) is 21. The first-order valence-electron chi connectivity index (χ1n) is 24.9. The summed E-state index contributed by atoms with van der Waals surface area (Å²) in [5.74, 6) is 4.37. The minimum atomic E-state index is -3.09. The minimum Gasteiger partial charge on any atom is -0.493 e. The van der Waals surface area contributed by atoms with Crippen LogP contribution < -0.4 is 56.5 Å². The number of azide groups is 6. The lowest BCUT2D eigenvalue weighted by molar-refractivity contribution is 0.0102. The van der Waals surface area contributed by atoms with Crippen LogP contribution in [-0.2, 0) is 0 Å². The van der Waals surface area contributed by atoms with E-state index in [1.54, 1.807) is 146 Å². The highest BCUT2D eigenvalue weighted by molar-refractivity contribution is 7.78. The largest absolute Gasteiger partial charge is 0.493 e. The molecule has 0 spiro atoms. The molecule has 1 heterocycles. The van der Waals surface area contributed by atoms with E-state index in [0.717, 1.165) is 0 Å². The van der Waals surface area contributed by atoms with Gasteiger partial charge in [-0.3, -0.25) is 13.6 Å². The smallest absolute Gasteiger partial charge is 0.486 e. The van der Waals surface area contributed by atoms with Gasteiger partial charge in [0.1, 0.15) is 34.5 Å². The summed E-state index contributed by atoms with van der Waals surface area (Å²) >= 11 is 0. The zero-order chi connectivity index (χ0) is 58.8. The van der Waals surface area contributed by atoms with Crippen molar-refractivity contribution in [1.29, 1.82) is 0 Å². The van der Waals surface area contributed by atoms with Gasteiger partial charge in [0.2, 0.25) is 13.8 Å². The second-order valence-electron chi connectivity index (χ2n) is 16.0. The van der Waals surface area contributed by atoms with Crippen molar-refractivity contribution in [3.8, 4) is 69.0 Å². The molecule has 0 amide bonds. The molecule has 0 bridgehead atoms. The zero-order valence-corrected chi connectivity index (χ0v) is 47.1. The topological polar surface area (TPSA) is 413 Å². The summed E-state index contributed by atoms with van der Waals surface area (Å²) in [5, 5.41) is 21.3. The molecule has 0 unspecified atom stereocenters. The van der Waals surface area contributed by atoms with E-state index in [1.807, 2.05) is 0 Å². The highest BCUT2D eigenvalue weighted by atomic mass is 31.3. The van der Waals surface area contributed by atoms with Crippen molar-refractivity contribution in [3.63, 3.8) is 0 Å². The summed E-state index contributed by atoms with van der Waals surface area (Å²) in [7, 11) is -9.28. The normalized spacial score (nSPS) is 14.5. The third-order valence-electron chi connectivity index (χ3n) is 10.3. The van der Waals surface area contributed by atoms with Gasteiger partial charge in [-0.15, -0.1) is 0 Å². The Hall–Kier alpha value is -10.1. The molecule has 0 atom stereocenters. The highest BCUT2D eigenvalue weighted by Crippen LogP contribution is 2.77. The van der Waals surface area contributed by atoms with Crippen molar-refractivity contribution in [2.45, 2.75) is 0 Å². The van der Waals surface area contributed by atoms with Crippen LogP contribution in [0, 0.1) is 0 Å². The maximum atomic E-state index is 8.81. The molecule has 432 valence electrons. The lowest BCUT2D eigenvalue weighted by atomic mass is 10.3. The number of rotatable bonds is 36. The maximum Gasteiger partial charge on any atom is 0.486 e. The molecule has 6 aromatic carbocycles. The predicted molar refractivity (Wildman–Crippen MR) is 310 cm³/mol. The first-order valence-corrected chi connectivity index (χ1v) is 28.8. The summed E-state index contributed by atoms with van der Waals surface area (Å²) < 4.78 is 60.8. The molecule has 0 radical (unpaired) electrons. The van der Waals surface area contributed by atoms with Crippen molar-refractivity contribution in [2.75, 3.05) is 78.9 Å². The second-order valence-corrected chi connectivity index (χ2v) is 22.0. The number of hydrogen-bond donors (Lipinski definition) is 0. The van der Waals surface area contributed by atoms with E-state index in [0.29, 0.717) is 51.7 Å². The molecule has 0 aromatic heterocycles. The third-order valence-corrected chi connectivity index (χ3v) is 17.7. The molecule has 0 aliphatic carbocycles. The predicted octanol–water partition coefficient (Wildman–Crippen LogP) is 14.1. The fourth-order valence-electron chi connectivity index (χ4n) is 6.70. The summed E-state index contributed by atoms with van der Waals surface area (Å²) in [5.41, 5.74) is 52.8. The van der Waals surface area contributed by atoms with Crippen LogP contribution in [0.1, 0.15) is 0 Å². The van der Waals surface area contributed by atoms with Crippen LogP contribution in [0.3, 0.4) is 0 Å². The lowest BCUT2D eigenvalue weighted by Gasteiger charge is -2.33. The molecular formula is C48H51N21O12P3+3. The van der Waals surface area contributed by atoms with Gasteiger partial charge in [0.25, 0.3) is 0 Å². The first kappa shape index (κ1) is 61.6. The lowest BCUT2D eigenvalue weighted by Crippen LogP contribution is -2.44. The number of nitrogens with zero attached hydrogens (tertiary/aromatic N) is 21. The molecule has 1 fully saturated rings. The molecule has 33 nitrogen and oxygen atoms in total. The van der Waals surface area contributed by atoms with Crippen molar-refractivity contribution in [1.82, 2.24) is 13.8 Å². The Balaban J connectivity index is 1.40. The molecule has 7 rings (SSSR count). The maximum absolute atomic E-state index is 8.81. The average Bonchev–Trinajstić information content (AvgIpc) is 1.44. The van der Waals surface area contributed by atoms with Crippen LogP contribution in [-0.4, -0.2) is 92.7 Å². The third kappa shape index (κ3) is 20.2. The van der Waals surface area contributed by atoms with Gasteiger partial charge in [0.15, 0.2) is 34.5 Å². The van der Waals surface area contributed by atoms with Gasteiger partial charge in [-0.05, 0) is 179 Å². The monoisotopic (exact) mass is 1210 g/mol. The Kier molecular flexibility index (Phi) is 25.6. The number of ether oxygens (including phenoxy) is 6. The molecular weight excluding hydrogens is 1160 g/mol. The molecule has 6 aromatic rings. The Morgan fingerprint density at radius 3 is 0.571 bits per heavy atom. The van der Waals surface area contributed by atoms with Crippen LogP contribution >= 0.6 is 25.3 Å². The molecule has 0 saturated carbocycles. The van der Waals surface area contributed by atoms with Crippen LogP contribution in [0.5, 0.6) is 69.0 Å². The molecule has 0 N–H and O–H groups in total. The van der Waals surface area contributed by atoms with Gasteiger partial charge in [0, 0.05) is 29.5 Å². The average molecular weight is 1210 g/mol. The molecule has 1 saturated heterocycles. The minimum absolute atomic E-state index is 0.0926. The van der Waals surface area contributed by atoms with E-state index in [1.165, 1.54) is 13.8 Å². The van der Waals surface area contributed by atoms with E-state index in [4.69, 9.17) is 89.7 Å². The standard InChI is InChI=1S/C48H48N21O12P3/c49-61-55-25-31-70-37-1-13-43(14-2-37)76-67-82(79-46-19-7-40(8-20-46)73-34-28-58-64-52)68(77-44-15-3-38(4-16-44)71-32-26-56-62-50)84(81-48-23-11-42(12-24-48)75-36-30-60-66-54)69(78-45-17-5-39(6-18-45)72-33-27-57-63-51)83(67)80-47-21-9-41(10-22-47)74-35-29-59-65-53/h1-24H,25-36H2/p+3. The van der Waals surface area contributed by atoms with E-state index < -0.39 is 25.3 Å². The Morgan fingerprint density at radius 1 is 0.250 bits per heavy atom. The van der Waals surface area contributed by atoms with Gasteiger partial charge in [-0.1, -0.05) is 30.7 Å². The molecule has 1 aliphatic rings. The van der Waals surface area contributed by atoms with E-state index in [9.17, 15) is 0 Å². The SMILES string of the molecule is [N-]=[N+]=NCCOc1ccc(ON2[PH+](Oc3ccc(OCCN=[N+]=[N-])cc3)N(Oc3ccc(OCCN=[N+]=[N-])cc3)[PH+](Oc3ccc(OCCN=[N+]=[N-])cc3)N(Oc3ccc(OCCN=[N+]=[N-])cc3)[PH+]2Oc2ccc(OCCN=[N+]=[N-])cc2)cc1. The van der Waals surface area contributed by atoms with Crippen molar-refractivity contribution >= 4 is 25.3 Å². The molecule has 1 aliphatic heterocycles. The molecule has 84 heavy (non-hydrogen) atoms. The Labute approximate surface area is 480 Å². The van der Waals surface area contributed by atoms with Crippen LogP contribution in [0.15, 0.2) is 176 Å². The first-order chi connectivity index (χ1) is 41.4. The zero-order valence-electron chi connectivity index (χ0n) is 44.1. The quantitative estimate of drug-likeness (QED) is 0.0116. The van der Waals surface area contributed by atoms with Gasteiger partial charge in [-0.25, -0.2) is 0 Å². The summed E-state index contributed by atoms with van der Waals surface area (Å²) in [6, 6.07) is 39.9. The summed E-state index contributed by atoms with van der Waals surface area (Å²) in [6.45, 7) is 1.21. The highest BCUT2D eigenvalue weighted by Gasteiger charge is 2.76. The second kappa shape index (κ2) is 34.9. The van der Waals surface area contributed by atoms with E-state index >= 15 is 0 Å². The fourth-order valence-corrected chi connectivity index (χ4v) is 15.2. The van der Waals surface area contributed by atoms with E-state index in [-0.39, 0.29) is 96.2 Å². The summed E-state index contributed by atoms with van der Waals surface area (Å²) in [4.78, 5) is 37.7. The Bertz CT molecular complexity index is 2720. The van der Waals surface area contributed by atoms with Gasteiger partial charge < -0.3 is 42.9 Å². The summed E-state index contributed by atoms with van der Waals surface area (Å²) in [6.07, 6.45) is 0. The van der Waals surface area contributed by atoms with Crippen LogP contribution in [0.25, 0.3) is 62.7 Å². The van der Waals surface area contributed by atoms with Gasteiger partial charge in [-0.2, -0.15) is 0 Å². The van der Waals surface area contributed by atoms with Gasteiger partial charge in [0.05, 0.1) is 78.9 Å².